The summed E-state index contributed by atoms with van der Waals surface area (Å²) < 4.78 is 10.8. The molecule has 0 saturated carbocycles. The van der Waals surface area contributed by atoms with Crippen LogP contribution in [0.1, 0.15) is 35.6 Å². The largest absolute Gasteiger partial charge is 0.497 e. The minimum atomic E-state index is -0.931. The van der Waals surface area contributed by atoms with E-state index in [1.54, 1.807) is 7.11 Å². The first kappa shape index (κ1) is 21.9. The van der Waals surface area contributed by atoms with E-state index in [0.29, 0.717) is 17.8 Å². The van der Waals surface area contributed by atoms with Gasteiger partial charge in [0.05, 0.1) is 26.1 Å². The van der Waals surface area contributed by atoms with Gasteiger partial charge in [-0.15, -0.1) is 0 Å². The van der Waals surface area contributed by atoms with Crippen molar-refractivity contribution in [2.45, 2.75) is 41.8 Å². The van der Waals surface area contributed by atoms with E-state index in [9.17, 15) is 5.02 Å². The van der Waals surface area contributed by atoms with Crippen molar-refractivity contribution in [3.8, 4) is 5.75 Å². The van der Waals surface area contributed by atoms with Crippen LogP contribution >= 0.6 is 11.8 Å². The lowest BCUT2D eigenvalue weighted by atomic mass is 9.73. The highest BCUT2D eigenvalue weighted by Gasteiger charge is 2.45. The number of benzene rings is 2. The molecule has 0 amide bonds. The normalized spacial score (nSPS) is 20.5. The summed E-state index contributed by atoms with van der Waals surface area (Å²) in [7, 11) is 0.670. The molecule has 2 aliphatic heterocycles. The van der Waals surface area contributed by atoms with Gasteiger partial charge in [0.15, 0.2) is 0 Å². The second kappa shape index (κ2) is 8.57. The quantitative estimate of drug-likeness (QED) is 0.558. The van der Waals surface area contributed by atoms with E-state index >= 15 is 0 Å². The number of ether oxygens (including phenoxy) is 1. The average Bonchev–Trinajstić information content (AvgIpc) is 3.37. The number of anilines is 1. The zero-order valence-corrected chi connectivity index (χ0v) is 19.9. The molecule has 1 aliphatic carbocycles. The van der Waals surface area contributed by atoms with Gasteiger partial charge in [-0.25, -0.2) is 9.97 Å². The molecule has 174 valence electrons. The van der Waals surface area contributed by atoms with Crippen molar-refractivity contribution < 1.29 is 14.4 Å². The van der Waals surface area contributed by atoms with E-state index in [-0.39, 0.29) is 11.5 Å². The highest BCUT2D eigenvalue weighted by atomic mass is 32.2. The lowest BCUT2D eigenvalue weighted by Crippen LogP contribution is -2.44. The molecule has 7 nitrogen and oxygen atoms in total. The van der Waals surface area contributed by atoms with Crippen molar-refractivity contribution in [2.75, 3.05) is 25.1 Å². The fraction of sp³-hybridized carbons (Fsp3) is 0.360. The molecule has 0 bridgehead atoms. The molecule has 1 fully saturated rings. The van der Waals surface area contributed by atoms with Gasteiger partial charge in [-0.2, -0.15) is 0 Å². The number of nitrogens with zero attached hydrogens (tertiary/aromatic N) is 3. The van der Waals surface area contributed by atoms with Crippen LogP contribution in [0.3, 0.4) is 0 Å². The zero-order valence-electron chi connectivity index (χ0n) is 19.1. The third-order valence-corrected chi connectivity index (χ3v) is 8.47. The summed E-state index contributed by atoms with van der Waals surface area (Å²) in [5, 5.41) is 10.8. The van der Waals surface area contributed by atoms with E-state index in [2.05, 4.69) is 34.1 Å². The Morgan fingerprint density at radius 2 is 2.00 bits per heavy atom. The van der Waals surface area contributed by atoms with Crippen LogP contribution in [0.25, 0.3) is 0 Å². The van der Waals surface area contributed by atoms with Gasteiger partial charge in [0.25, 0.3) is 0 Å². The molecule has 3 N–H and O–H groups in total. The minimum Gasteiger partial charge on any atom is -0.497 e. The smallest absolute Gasteiger partial charge is 0.495 e. The fourth-order valence-corrected chi connectivity index (χ4v) is 6.49. The summed E-state index contributed by atoms with van der Waals surface area (Å²) in [6.45, 7) is 2.25. The molecule has 0 radical (unpaired) electrons. The van der Waals surface area contributed by atoms with Crippen molar-refractivity contribution in [3.63, 3.8) is 0 Å². The van der Waals surface area contributed by atoms with Gasteiger partial charge in [-0.1, -0.05) is 36.0 Å². The van der Waals surface area contributed by atoms with Gasteiger partial charge in [0, 0.05) is 29.5 Å². The third kappa shape index (κ3) is 3.67. The molecule has 1 spiro atoms. The third-order valence-electron chi connectivity index (χ3n) is 7.58. The maximum absolute atomic E-state index is 10.0. The first-order valence-electron chi connectivity index (χ1n) is 11.6. The van der Waals surface area contributed by atoms with E-state index in [0.717, 1.165) is 53.7 Å². The maximum atomic E-state index is 10.0. The number of piperidine rings is 1. The Bertz CT molecular complexity index is 1220. The first-order chi connectivity index (χ1) is 16.6. The molecule has 9 heteroatoms. The summed E-state index contributed by atoms with van der Waals surface area (Å²) in [6.07, 6.45) is 6.88. The molecule has 6 rings (SSSR count). The first-order valence-corrected chi connectivity index (χ1v) is 12.5. The van der Waals surface area contributed by atoms with Crippen LogP contribution in [0.15, 0.2) is 58.7 Å². The number of nitrogens with two attached hydrogens (primary N) is 1. The van der Waals surface area contributed by atoms with Gasteiger partial charge < -0.3 is 25.0 Å². The Morgan fingerprint density at radius 3 is 2.74 bits per heavy atom. The molecule has 34 heavy (non-hydrogen) atoms. The van der Waals surface area contributed by atoms with Crippen LogP contribution in [-0.4, -0.2) is 42.3 Å². The molecule has 1 saturated heterocycles. The molecule has 1 atom stereocenters. The summed E-state index contributed by atoms with van der Waals surface area (Å²) in [5.41, 5.74) is 11.3. The second-order valence-corrected chi connectivity index (χ2v) is 10.5. The Labute approximate surface area is 203 Å². The Kier molecular flexibility index (Phi) is 5.52. The molecular weight excluding hydrogens is 447 g/mol. The maximum Gasteiger partial charge on any atom is 0.495 e. The van der Waals surface area contributed by atoms with Crippen molar-refractivity contribution in [3.05, 3.63) is 65.5 Å². The Morgan fingerprint density at radius 1 is 1.18 bits per heavy atom. The monoisotopic (exact) mass is 474 g/mol. The van der Waals surface area contributed by atoms with Gasteiger partial charge in [0.1, 0.15) is 16.6 Å². The van der Waals surface area contributed by atoms with Crippen molar-refractivity contribution in [1.82, 2.24) is 9.97 Å². The van der Waals surface area contributed by atoms with Crippen molar-refractivity contribution in [2.24, 2.45) is 11.1 Å². The summed E-state index contributed by atoms with van der Waals surface area (Å²) in [6, 6.07) is 12.7. The molecule has 2 aromatic carbocycles. The van der Waals surface area contributed by atoms with E-state index in [4.69, 9.17) is 20.1 Å². The van der Waals surface area contributed by atoms with Gasteiger partial charge >= 0.3 is 7.12 Å². The fourth-order valence-electron chi connectivity index (χ4n) is 5.67. The SMILES string of the molecule is COc1cc(Sc2cnc(N3CCC4(CC3)Cc3ccccc3[C@H]4N)cn2)cc2c1B(O)OC2. The van der Waals surface area contributed by atoms with Crippen molar-refractivity contribution in [1.29, 1.82) is 0 Å². The Balaban J connectivity index is 1.13. The lowest BCUT2D eigenvalue weighted by Gasteiger charge is -2.42. The molecule has 3 heterocycles. The predicted molar refractivity (Wildman–Crippen MR) is 132 cm³/mol. The van der Waals surface area contributed by atoms with E-state index < -0.39 is 7.12 Å². The van der Waals surface area contributed by atoms with Gasteiger partial charge in [0.2, 0.25) is 0 Å². The zero-order chi connectivity index (χ0) is 23.3. The predicted octanol–water partition coefficient (Wildman–Crippen LogP) is 2.70. The van der Waals surface area contributed by atoms with Gasteiger partial charge in [-0.05, 0) is 53.5 Å². The number of rotatable bonds is 4. The topological polar surface area (TPSA) is 93.7 Å². The summed E-state index contributed by atoms with van der Waals surface area (Å²) >= 11 is 1.52. The molecule has 3 aliphatic rings. The number of fused-ring (bicyclic) bond motifs is 2. The second-order valence-electron chi connectivity index (χ2n) is 9.38. The van der Waals surface area contributed by atoms with Crippen LogP contribution in [0, 0.1) is 5.41 Å². The summed E-state index contributed by atoms with van der Waals surface area (Å²) in [4.78, 5) is 12.7. The standard InChI is InChI=1S/C25H27BN4O3S/c1-32-20-11-18(10-17-15-33-26(31)23(17)20)34-22-14-28-21(13-29-22)30-8-6-25(7-9-30)12-16-4-2-3-5-19(16)24(25)27/h2-5,10-11,13-14,24,31H,6-9,12,15,27H2,1H3/t24-/m1/s1. The molecule has 3 aromatic rings. The van der Waals surface area contributed by atoms with Crippen molar-refractivity contribution >= 4 is 30.2 Å². The Hall–Kier alpha value is -2.59. The number of methoxy groups -OCH3 is 1. The molecular formula is C25H27BN4O3S. The van der Waals surface area contributed by atoms with E-state index in [1.807, 2.05) is 24.5 Å². The molecule has 1 aromatic heterocycles. The minimum absolute atomic E-state index is 0.117. The molecule has 0 unspecified atom stereocenters. The van der Waals surface area contributed by atoms with Crippen LogP contribution < -0.4 is 20.8 Å². The highest BCUT2D eigenvalue weighted by molar-refractivity contribution is 7.99. The van der Waals surface area contributed by atoms with Crippen LogP contribution in [-0.2, 0) is 17.7 Å². The summed E-state index contributed by atoms with van der Waals surface area (Å²) in [5.74, 6) is 1.54. The lowest BCUT2D eigenvalue weighted by molar-refractivity contribution is 0.187. The number of aromatic nitrogens is 2. The highest BCUT2D eigenvalue weighted by Crippen LogP contribution is 2.50. The van der Waals surface area contributed by atoms with Gasteiger partial charge in [-0.3, -0.25) is 0 Å². The number of hydrogen-bond donors (Lipinski definition) is 2. The van der Waals surface area contributed by atoms with Crippen LogP contribution in [0.2, 0.25) is 0 Å². The van der Waals surface area contributed by atoms with Crippen LogP contribution in [0.5, 0.6) is 5.75 Å². The average molecular weight is 474 g/mol. The number of hydrogen-bond acceptors (Lipinski definition) is 8. The van der Waals surface area contributed by atoms with E-state index in [1.165, 1.54) is 22.9 Å². The van der Waals surface area contributed by atoms with Crippen LogP contribution in [0.4, 0.5) is 5.82 Å².